The van der Waals surface area contributed by atoms with E-state index in [-0.39, 0.29) is 5.91 Å². The number of rotatable bonds is 5. The van der Waals surface area contributed by atoms with Crippen LogP contribution in [0, 0.1) is 6.92 Å². The molecule has 41 heavy (non-hydrogen) atoms. The van der Waals surface area contributed by atoms with E-state index in [2.05, 4.69) is 77.1 Å². The zero-order valence-electron chi connectivity index (χ0n) is 23.7. The third-order valence-corrected chi connectivity index (χ3v) is 8.82. The largest absolute Gasteiger partial charge is 0.378 e. The lowest BCUT2D eigenvalue weighted by molar-refractivity contribution is -0.135. The molecule has 1 amide bonds. The maximum atomic E-state index is 13.6. The van der Waals surface area contributed by atoms with Crippen molar-refractivity contribution in [3.63, 3.8) is 0 Å². The van der Waals surface area contributed by atoms with E-state index in [0.29, 0.717) is 38.8 Å². The topological polar surface area (TPSA) is 60.2 Å². The third kappa shape index (κ3) is 5.02. The average Bonchev–Trinajstić information content (AvgIpc) is 3.35. The molecule has 0 bridgehead atoms. The summed E-state index contributed by atoms with van der Waals surface area (Å²) in [5.74, 6) is 0.648. The van der Waals surface area contributed by atoms with Crippen LogP contribution in [-0.2, 0) is 16.1 Å². The highest BCUT2D eigenvalue weighted by Gasteiger charge is 2.28. The quantitative estimate of drug-likeness (QED) is 0.236. The first kappa shape index (κ1) is 25.9. The van der Waals surface area contributed by atoms with Crippen molar-refractivity contribution < 1.29 is 9.53 Å². The molecule has 4 heterocycles. The number of carbonyl (C=O) groups is 1. The van der Waals surface area contributed by atoms with Gasteiger partial charge in [0.2, 0.25) is 5.91 Å². The van der Waals surface area contributed by atoms with Gasteiger partial charge < -0.3 is 14.2 Å². The monoisotopic (exact) mass is 544 g/mol. The first-order chi connectivity index (χ1) is 20.2. The van der Waals surface area contributed by atoms with Crippen LogP contribution in [-0.4, -0.2) is 51.6 Å². The van der Waals surface area contributed by atoms with Crippen LogP contribution in [0.2, 0.25) is 0 Å². The number of pyridine rings is 2. The molecule has 7 rings (SSSR count). The molecule has 0 N–H and O–H groups in total. The number of hydrogen-bond acceptors (Lipinski definition) is 4. The number of amides is 1. The van der Waals surface area contributed by atoms with Gasteiger partial charge in [-0.3, -0.25) is 9.78 Å². The van der Waals surface area contributed by atoms with Gasteiger partial charge in [0.1, 0.15) is 6.54 Å². The normalized spacial score (nSPS) is 16.5. The van der Waals surface area contributed by atoms with E-state index < -0.39 is 0 Å². The van der Waals surface area contributed by atoms with Gasteiger partial charge in [-0.1, -0.05) is 49.6 Å². The fourth-order valence-electron chi connectivity index (χ4n) is 6.75. The number of benzene rings is 2. The van der Waals surface area contributed by atoms with Crippen molar-refractivity contribution in [2.75, 3.05) is 26.3 Å². The molecule has 2 aliphatic rings. The molecule has 0 spiro atoms. The summed E-state index contributed by atoms with van der Waals surface area (Å²) in [6.07, 6.45) is 8.05. The number of carbonyl (C=O) groups excluding carboxylic acids is 1. The molecule has 6 nitrogen and oxygen atoms in total. The van der Waals surface area contributed by atoms with Crippen molar-refractivity contribution in [2.24, 2.45) is 0 Å². The molecule has 1 aliphatic carbocycles. The Morgan fingerprint density at radius 1 is 0.927 bits per heavy atom. The molecular formula is C35H36N4O2. The molecule has 208 valence electrons. The Morgan fingerprint density at radius 2 is 1.76 bits per heavy atom. The lowest BCUT2D eigenvalue weighted by Crippen LogP contribution is -2.42. The molecule has 0 radical (unpaired) electrons. The molecule has 3 aromatic heterocycles. The van der Waals surface area contributed by atoms with Gasteiger partial charge >= 0.3 is 0 Å². The number of aromatic nitrogens is 3. The van der Waals surface area contributed by atoms with Gasteiger partial charge in [0.25, 0.3) is 0 Å². The van der Waals surface area contributed by atoms with Crippen molar-refractivity contribution in [1.82, 2.24) is 19.4 Å². The Hall–Kier alpha value is -4.03. The highest BCUT2D eigenvalue weighted by atomic mass is 16.5. The second-order valence-corrected chi connectivity index (χ2v) is 11.5. The van der Waals surface area contributed by atoms with Crippen LogP contribution in [0.5, 0.6) is 0 Å². The van der Waals surface area contributed by atoms with Gasteiger partial charge in [0.15, 0.2) is 0 Å². The third-order valence-electron chi connectivity index (χ3n) is 8.82. The van der Waals surface area contributed by atoms with E-state index >= 15 is 0 Å². The Balaban J connectivity index is 1.37. The predicted octanol–water partition coefficient (Wildman–Crippen LogP) is 7.13. The van der Waals surface area contributed by atoms with Crippen LogP contribution in [0.25, 0.3) is 44.5 Å². The van der Waals surface area contributed by atoms with E-state index in [4.69, 9.17) is 9.72 Å². The van der Waals surface area contributed by atoms with Crippen molar-refractivity contribution >= 4 is 27.7 Å². The zero-order chi connectivity index (χ0) is 27.8. The molecular weight excluding hydrogens is 508 g/mol. The number of hydrogen-bond donors (Lipinski definition) is 0. The molecule has 0 unspecified atom stereocenters. The predicted molar refractivity (Wildman–Crippen MR) is 164 cm³/mol. The summed E-state index contributed by atoms with van der Waals surface area (Å²) >= 11 is 0. The SMILES string of the molecule is Cc1ccnc(-c2ccc3cc(-c4c(C5CCCCC5)c5ccccc5n4CC(=O)N4CCOCC4)ccc3n2)c1. The minimum absolute atomic E-state index is 0.156. The molecule has 2 aromatic carbocycles. The minimum atomic E-state index is 0.156. The van der Waals surface area contributed by atoms with Crippen molar-refractivity contribution in [1.29, 1.82) is 0 Å². The summed E-state index contributed by atoms with van der Waals surface area (Å²) in [5, 5.41) is 2.37. The smallest absolute Gasteiger partial charge is 0.242 e. The van der Waals surface area contributed by atoms with Gasteiger partial charge in [0.05, 0.1) is 35.8 Å². The highest BCUT2D eigenvalue weighted by molar-refractivity contribution is 5.96. The second kappa shape index (κ2) is 11.1. The number of morpholine rings is 1. The van der Waals surface area contributed by atoms with Crippen LogP contribution >= 0.6 is 0 Å². The zero-order valence-corrected chi connectivity index (χ0v) is 23.7. The average molecular weight is 545 g/mol. The van der Waals surface area contributed by atoms with Crippen LogP contribution in [0.3, 0.4) is 0 Å². The van der Waals surface area contributed by atoms with Crippen LogP contribution < -0.4 is 0 Å². The summed E-state index contributed by atoms with van der Waals surface area (Å²) in [4.78, 5) is 25.1. The van der Waals surface area contributed by atoms with Crippen molar-refractivity contribution in [3.8, 4) is 22.6 Å². The summed E-state index contributed by atoms with van der Waals surface area (Å²) in [6.45, 7) is 4.93. The Morgan fingerprint density at radius 3 is 2.59 bits per heavy atom. The number of para-hydroxylation sites is 1. The summed E-state index contributed by atoms with van der Waals surface area (Å²) in [5.41, 5.74) is 8.76. The van der Waals surface area contributed by atoms with E-state index in [0.717, 1.165) is 33.4 Å². The Kier molecular flexibility index (Phi) is 7.01. The van der Waals surface area contributed by atoms with Gasteiger partial charge in [-0.05, 0) is 78.8 Å². The number of ether oxygens (including phenoxy) is 1. The van der Waals surface area contributed by atoms with Gasteiger partial charge in [0, 0.05) is 35.6 Å². The molecule has 6 heteroatoms. The fourth-order valence-corrected chi connectivity index (χ4v) is 6.75. The lowest BCUT2D eigenvalue weighted by atomic mass is 9.82. The van der Waals surface area contributed by atoms with E-state index in [1.54, 1.807) is 0 Å². The summed E-state index contributed by atoms with van der Waals surface area (Å²) in [7, 11) is 0. The minimum Gasteiger partial charge on any atom is -0.378 e. The summed E-state index contributed by atoms with van der Waals surface area (Å²) < 4.78 is 7.81. The number of fused-ring (bicyclic) bond motifs is 2. The standard InChI is InChI=1S/C35H36N4O2/c1-24-15-16-36-31(21-24)30-14-11-26-22-27(12-13-29(26)37-30)35-34(25-7-3-2-4-8-25)28-9-5-6-10-32(28)39(35)23-33(40)38-17-19-41-20-18-38/h5-6,9-16,21-22,25H,2-4,7-8,17-20,23H2,1H3. The van der Waals surface area contributed by atoms with Crippen LogP contribution in [0.1, 0.15) is 49.1 Å². The van der Waals surface area contributed by atoms with Crippen LogP contribution in [0.4, 0.5) is 0 Å². The second-order valence-electron chi connectivity index (χ2n) is 11.5. The fraction of sp³-hybridized carbons (Fsp3) is 0.343. The van der Waals surface area contributed by atoms with Crippen molar-refractivity contribution in [2.45, 2.75) is 51.5 Å². The maximum Gasteiger partial charge on any atom is 0.242 e. The Bertz CT molecular complexity index is 1730. The molecule has 5 aromatic rings. The van der Waals surface area contributed by atoms with Gasteiger partial charge in [-0.15, -0.1) is 0 Å². The first-order valence-corrected chi connectivity index (χ1v) is 15.0. The number of nitrogens with zero attached hydrogens (tertiary/aromatic N) is 4. The highest BCUT2D eigenvalue weighted by Crippen LogP contribution is 2.44. The molecule has 0 atom stereocenters. The van der Waals surface area contributed by atoms with Crippen LogP contribution in [0.15, 0.2) is 72.9 Å². The molecule has 2 fully saturated rings. The van der Waals surface area contributed by atoms with E-state index in [1.807, 2.05) is 17.2 Å². The molecule has 1 saturated heterocycles. The maximum absolute atomic E-state index is 13.6. The lowest BCUT2D eigenvalue weighted by Gasteiger charge is -2.28. The molecule has 1 saturated carbocycles. The first-order valence-electron chi connectivity index (χ1n) is 15.0. The van der Waals surface area contributed by atoms with E-state index in [9.17, 15) is 4.79 Å². The Labute approximate surface area is 241 Å². The van der Waals surface area contributed by atoms with Crippen molar-refractivity contribution in [3.05, 3.63) is 84.1 Å². The summed E-state index contributed by atoms with van der Waals surface area (Å²) in [6, 6.07) is 23.5. The number of aryl methyl sites for hydroxylation is 1. The molecule has 1 aliphatic heterocycles. The van der Waals surface area contributed by atoms with Gasteiger partial charge in [-0.2, -0.15) is 0 Å². The van der Waals surface area contributed by atoms with Gasteiger partial charge in [-0.25, -0.2) is 4.98 Å². The van der Waals surface area contributed by atoms with E-state index in [1.165, 1.54) is 54.3 Å².